The number of para-hydroxylation sites is 8. The number of hydrogen-bond donors (Lipinski definition) is 0. The number of aromatic nitrogens is 7. The van der Waals surface area contributed by atoms with E-state index in [2.05, 4.69) is 487 Å². The van der Waals surface area contributed by atoms with Crippen LogP contribution < -0.4 is 0 Å². The smallest absolute Gasteiger partial charge is 0.145 e. The summed E-state index contributed by atoms with van der Waals surface area (Å²) < 4.78 is 6.78. The minimum Gasteiger partial charge on any atom is -0.292 e. The quantitative estimate of drug-likeness (QED) is 0.0956. The molecule has 0 aliphatic rings. The fourth-order valence-corrected chi connectivity index (χ4v) is 20.4. The van der Waals surface area contributed by atoms with Crippen LogP contribution in [-0.4, -0.2) is 33.6 Å². The van der Waals surface area contributed by atoms with E-state index in [4.69, 9.17) is 19.9 Å². The molecule has 620 valence electrons. The summed E-state index contributed by atoms with van der Waals surface area (Å²) in [6.07, 6.45) is 0. The van der Waals surface area contributed by atoms with E-state index in [0.717, 1.165) is 112 Å². The molecule has 7 heteroatoms. The molecule has 4 heterocycles. The van der Waals surface area contributed by atoms with Gasteiger partial charge in [0.2, 0.25) is 0 Å². The molecule has 0 radical (unpaired) electrons. The third-order valence-electron chi connectivity index (χ3n) is 26.5. The van der Waals surface area contributed by atoms with Crippen LogP contribution >= 0.6 is 0 Å². The first-order valence-electron chi connectivity index (χ1n) is 45.4. The number of imidazole rings is 3. The summed E-state index contributed by atoms with van der Waals surface area (Å²) in [5.74, 6) is 2.82. The summed E-state index contributed by atoms with van der Waals surface area (Å²) in [6, 6.07) is 176. The molecular weight excluding hydrogens is 1610 g/mol. The molecule has 0 aliphatic heterocycles. The van der Waals surface area contributed by atoms with E-state index in [1.807, 2.05) is 18.2 Å². The maximum Gasteiger partial charge on any atom is 0.145 e. The van der Waals surface area contributed by atoms with E-state index in [1.165, 1.54) is 136 Å². The molecule has 4 aromatic heterocycles. The van der Waals surface area contributed by atoms with E-state index in [1.54, 1.807) is 0 Å². The first-order valence-corrected chi connectivity index (χ1v) is 45.4. The predicted molar refractivity (Wildman–Crippen MR) is 560 cm³/mol. The molecule has 0 saturated heterocycles. The molecule has 27 rings (SSSR count). The van der Waals surface area contributed by atoms with E-state index in [9.17, 15) is 0 Å². The van der Waals surface area contributed by atoms with Crippen molar-refractivity contribution < 1.29 is 0 Å². The van der Waals surface area contributed by atoms with Gasteiger partial charge < -0.3 is 0 Å². The second-order valence-corrected chi connectivity index (χ2v) is 34.2. The number of fused-ring (bicyclic) bond motifs is 15. The Morgan fingerprint density at radius 1 is 0.135 bits per heavy atom. The normalized spacial score (nSPS) is 11.6. The fraction of sp³-hybridized carbons (Fsp3) is 0. The van der Waals surface area contributed by atoms with Gasteiger partial charge >= 0.3 is 0 Å². The number of rotatable bonds is 11. The molecule has 0 N–H and O–H groups in total. The lowest BCUT2D eigenvalue weighted by atomic mass is 9.85. The summed E-state index contributed by atoms with van der Waals surface area (Å²) in [5.41, 5.74) is 27.2. The standard InChI is InChI=1S/2C43H28N2.C40H25N3/c1-2-14-34(15-3-1)45-40-21-11-10-20-39(40)44-43(45)31-25-23-30(24-26-31)41-35-16-6-8-18-37(35)42(38-19-9-7-17-36(38)41)33-27-22-29-12-4-5-13-32(29)28-33;1-2-13-31(14-3-1)43-44-39-20-10-11-21-40(39)45(43)34-26-24-30(25-27-34)41-35-16-6-8-18-37(35)42(38-19-9-7-17-36(38)41)33-23-22-29-12-4-5-15-32(29)28-33;1-2-12-30(13-3-1)43-36-17-9-8-16-35(36)41-40(43)29-20-18-28(19-21-29)37-33-24-22-26-10-4-6-14-31(26)38(33)42-39-32-15-7-5-11-27(32)23-25-34(37)39/h2*1-28H;1-25H. The van der Waals surface area contributed by atoms with Crippen molar-refractivity contribution in [2.75, 3.05) is 0 Å². The first kappa shape index (κ1) is 77.6. The molecule has 0 saturated carbocycles. The molecule has 0 amide bonds. The van der Waals surface area contributed by atoms with Crippen LogP contribution in [0.4, 0.5) is 0 Å². The zero-order valence-electron chi connectivity index (χ0n) is 72.4. The van der Waals surface area contributed by atoms with E-state index < -0.39 is 0 Å². The van der Waals surface area contributed by atoms with Crippen molar-refractivity contribution in [3.63, 3.8) is 0 Å². The topological polar surface area (TPSA) is 66.3 Å². The summed E-state index contributed by atoms with van der Waals surface area (Å²) >= 11 is 0. The Morgan fingerprint density at radius 2 is 0.368 bits per heavy atom. The molecule has 0 spiro atoms. The molecule has 0 bridgehead atoms. The summed E-state index contributed by atoms with van der Waals surface area (Å²) in [4.78, 5) is 20.6. The highest BCUT2D eigenvalue weighted by Crippen LogP contribution is 2.49. The lowest BCUT2D eigenvalue weighted by Crippen LogP contribution is -1.97. The van der Waals surface area contributed by atoms with Gasteiger partial charge in [-0.15, -0.1) is 0 Å². The third kappa shape index (κ3) is 13.6. The van der Waals surface area contributed by atoms with Crippen molar-refractivity contribution in [2.24, 2.45) is 0 Å². The van der Waals surface area contributed by atoms with Crippen LogP contribution in [0.5, 0.6) is 0 Å². The van der Waals surface area contributed by atoms with Crippen molar-refractivity contribution in [2.45, 2.75) is 0 Å². The Morgan fingerprint density at radius 3 is 0.722 bits per heavy atom. The van der Waals surface area contributed by atoms with Crippen LogP contribution in [0.2, 0.25) is 0 Å². The van der Waals surface area contributed by atoms with Crippen molar-refractivity contribution in [1.82, 2.24) is 33.6 Å². The highest BCUT2D eigenvalue weighted by atomic mass is 15.1. The lowest BCUT2D eigenvalue weighted by molar-refractivity contribution is 1.10. The highest BCUT2D eigenvalue weighted by Gasteiger charge is 2.25. The minimum atomic E-state index is 0.931. The number of benzene rings is 23. The van der Waals surface area contributed by atoms with Crippen LogP contribution in [0, 0.1) is 0 Å². The van der Waals surface area contributed by atoms with Gasteiger partial charge in [-0.3, -0.25) is 13.7 Å². The molecule has 23 aromatic carbocycles. The van der Waals surface area contributed by atoms with Gasteiger partial charge in [0.25, 0.3) is 0 Å². The van der Waals surface area contributed by atoms with Gasteiger partial charge in [-0.05, 0) is 210 Å². The van der Waals surface area contributed by atoms with Gasteiger partial charge in [0, 0.05) is 60.9 Å². The number of nitrogens with zero attached hydrogens (tertiary/aromatic N) is 7. The molecule has 133 heavy (non-hydrogen) atoms. The summed E-state index contributed by atoms with van der Waals surface area (Å²) in [5, 5.41) is 22.1. The molecule has 0 aliphatic carbocycles. The maximum absolute atomic E-state index is 5.34. The van der Waals surface area contributed by atoms with Gasteiger partial charge in [0.15, 0.2) is 0 Å². The van der Waals surface area contributed by atoms with Gasteiger partial charge in [0.05, 0.1) is 44.1 Å². The average molecular weight is 1690 g/mol. The monoisotopic (exact) mass is 1690 g/mol. The lowest BCUT2D eigenvalue weighted by Gasteiger charge is -2.18. The Bertz CT molecular complexity index is 9020. The van der Waals surface area contributed by atoms with E-state index >= 15 is 0 Å². The maximum atomic E-state index is 5.34. The van der Waals surface area contributed by atoms with E-state index in [0.29, 0.717) is 0 Å². The van der Waals surface area contributed by atoms with Crippen LogP contribution in [-0.2, 0) is 0 Å². The largest absolute Gasteiger partial charge is 0.292 e. The van der Waals surface area contributed by atoms with Crippen molar-refractivity contribution in [3.8, 4) is 107 Å². The van der Waals surface area contributed by atoms with Crippen molar-refractivity contribution in [1.29, 1.82) is 0 Å². The zero-order valence-corrected chi connectivity index (χ0v) is 72.4. The van der Waals surface area contributed by atoms with Gasteiger partial charge in [-0.1, -0.05) is 406 Å². The third-order valence-corrected chi connectivity index (χ3v) is 26.5. The minimum absolute atomic E-state index is 0.931. The summed E-state index contributed by atoms with van der Waals surface area (Å²) in [7, 11) is 0. The first-order chi connectivity index (χ1) is 66.0. The second kappa shape index (κ2) is 32.8. The Labute approximate surface area is 767 Å². The fourth-order valence-electron chi connectivity index (χ4n) is 20.4. The second-order valence-electron chi connectivity index (χ2n) is 34.2. The van der Waals surface area contributed by atoms with Gasteiger partial charge in [-0.25, -0.2) is 19.9 Å². The van der Waals surface area contributed by atoms with Crippen LogP contribution in [0.15, 0.2) is 491 Å². The molecule has 0 atom stereocenters. The SMILES string of the molecule is c1ccc(-c2nc3ccccc3n2-c2ccc(-c3c4ccccc4c(-c4ccc5ccccc5c4)c4ccccc34)cc2)cc1.c1ccc(-n2c(-c3ccc(-c4c5ccc6ccccc6c5nc5c4ccc4ccccc45)cc3)nc3ccccc32)cc1.c1ccc(-n2c(-c3ccc(-c4c5ccccc5c(-c5ccc6ccccc6c5)c5ccccc45)cc3)nc3ccccc32)cc1. The average Bonchev–Trinajstić information content (AvgIpc) is 1.63. The molecular formula is C126H81N7. The van der Waals surface area contributed by atoms with Crippen molar-refractivity contribution in [3.05, 3.63) is 491 Å². The molecule has 7 nitrogen and oxygen atoms in total. The van der Waals surface area contributed by atoms with E-state index in [-0.39, 0.29) is 0 Å². The van der Waals surface area contributed by atoms with Crippen molar-refractivity contribution >= 4 is 141 Å². The Balaban J connectivity index is 0.000000107. The van der Waals surface area contributed by atoms with Gasteiger partial charge in [0.1, 0.15) is 17.5 Å². The predicted octanol–water partition coefficient (Wildman–Crippen LogP) is 33.3. The molecule has 0 unspecified atom stereocenters. The van der Waals surface area contributed by atoms with Crippen LogP contribution in [0.1, 0.15) is 0 Å². The zero-order chi connectivity index (χ0) is 87.8. The highest BCUT2D eigenvalue weighted by molar-refractivity contribution is 6.25. The number of hydrogen-bond acceptors (Lipinski definition) is 4. The summed E-state index contributed by atoms with van der Waals surface area (Å²) in [6.45, 7) is 0. The molecule has 0 fully saturated rings. The van der Waals surface area contributed by atoms with Crippen LogP contribution in [0.3, 0.4) is 0 Å². The Hall–Kier alpha value is -17.8. The number of pyridine rings is 1. The molecule has 27 aromatic rings. The van der Waals surface area contributed by atoms with Crippen LogP contribution in [0.25, 0.3) is 248 Å². The van der Waals surface area contributed by atoms with Gasteiger partial charge in [-0.2, -0.15) is 0 Å². The Kier molecular flexibility index (Phi) is 19.1.